The van der Waals surface area contributed by atoms with Gasteiger partial charge in [-0.05, 0) is 54.8 Å². The second-order valence-electron chi connectivity index (χ2n) is 8.30. The molecule has 3 heterocycles. The molecule has 6 heteroatoms. The third-order valence-electron chi connectivity index (χ3n) is 5.94. The normalized spacial score (nSPS) is 13.2. The van der Waals surface area contributed by atoms with Crippen molar-refractivity contribution >= 4 is 22.5 Å². The number of carbonyl (C=O) groups excluding carboxylic acids is 1. The van der Waals surface area contributed by atoms with E-state index in [0.717, 1.165) is 39.0 Å². The van der Waals surface area contributed by atoms with E-state index in [0.29, 0.717) is 11.7 Å². The number of amides is 1. The van der Waals surface area contributed by atoms with Gasteiger partial charge in [-0.25, -0.2) is 4.98 Å². The number of benzene rings is 2. The van der Waals surface area contributed by atoms with Crippen molar-refractivity contribution in [3.8, 4) is 22.4 Å². The quantitative estimate of drug-likeness (QED) is 0.385. The first kappa shape index (κ1) is 19.4. The van der Waals surface area contributed by atoms with Crippen molar-refractivity contribution in [1.82, 2.24) is 19.5 Å². The molecule has 160 valence electrons. The molecule has 0 saturated heterocycles. The van der Waals surface area contributed by atoms with Crippen molar-refractivity contribution in [3.63, 3.8) is 0 Å². The summed E-state index contributed by atoms with van der Waals surface area (Å²) in [5.74, 6) is -0.251. The number of anilines is 1. The highest BCUT2D eigenvalue weighted by Crippen LogP contribution is 2.38. The monoisotopic (exact) mass is 431 g/mol. The highest BCUT2D eigenvalue weighted by atomic mass is 16.1. The molecule has 3 aromatic heterocycles. The van der Waals surface area contributed by atoms with Crippen LogP contribution in [-0.4, -0.2) is 25.4 Å². The second-order valence-corrected chi connectivity index (χ2v) is 8.30. The Bertz CT molecular complexity index is 1480. The minimum atomic E-state index is -0.251. The fourth-order valence-electron chi connectivity index (χ4n) is 4.09. The number of hydrogen-bond donors (Lipinski definition) is 1. The number of carbonyl (C=O) groups is 1. The fraction of sp³-hybridized carbons (Fsp3) is 0.111. The summed E-state index contributed by atoms with van der Waals surface area (Å²) in [5.41, 5.74) is 5.96. The zero-order chi connectivity index (χ0) is 22.2. The van der Waals surface area contributed by atoms with Crippen LogP contribution in [0.3, 0.4) is 0 Å². The Morgan fingerprint density at radius 2 is 1.79 bits per heavy atom. The van der Waals surface area contributed by atoms with Gasteiger partial charge in [-0.15, -0.1) is 0 Å². The lowest BCUT2D eigenvalue weighted by Gasteiger charge is -2.10. The summed E-state index contributed by atoms with van der Waals surface area (Å²) in [6.07, 6.45) is 9.62. The van der Waals surface area contributed by atoms with Crippen LogP contribution in [0, 0.1) is 0 Å². The molecule has 1 N–H and O–H groups in total. The van der Waals surface area contributed by atoms with Gasteiger partial charge in [0, 0.05) is 40.6 Å². The highest BCUT2D eigenvalue weighted by molar-refractivity contribution is 6.03. The fourth-order valence-corrected chi connectivity index (χ4v) is 4.09. The summed E-state index contributed by atoms with van der Waals surface area (Å²) >= 11 is 0. The minimum absolute atomic E-state index is 0.251. The van der Waals surface area contributed by atoms with Gasteiger partial charge < -0.3 is 9.88 Å². The van der Waals surface area contributed by atoms with Crippen molar-refractivity contribution in [2.24, 2.45) is 0 Å². The number of pyridine rings is 2. The molecule has 1 amide bonds. The van der Waals surface area contributed by atoms with Crippen LogP contribution >= 0.6 is 0 Å². The first-order valence-electron chi connectivity index (χ1n) is 11.0. The van der Waals surface area contributed by atoms with Gasteiger partial charge in [-0.1, -0.05) is 30.3 Å². The highest BCUT2D eigenvalue weighted by Gasteiger charge is 2.25. The summed E-state index contributed by atoms with van der Waals surface area (Å²) < 4.78 is 2.21. The number of rotatable bonds is 5. The molecule has 0 bridgehead atoms. The van der Waals surface area contributed by atoms with Crippen LogP contribution in [0.5, 0.6) is 0 Å². The molecule has 1 fully saturated rings. The number of aromatic nitrogens is 4. The Morgan fingerprint density at radius 3 is 2.70 bits per heavy atom. The summed E-state index contributed by atoms with van der Waals surface area (Å²) in [7, 11) is 0. The topological polar surface area (TPSA) is 72.7 Å². The molecule has 0 unspecified atom stereocenters. The largest absolute Gasteiger partial charge is 0.328 e. The molecule has 6 rings (SSSR count). The van der Waals surface area contributed by atoms with E-state index in [2.05, 4.69) is 30.9 Å². The van der Waals surface area contributed by atoms with Crippen LogP contribution in [0.15, 0.2) is 91.6 Å². The number of para-hydroxylation sites is 1. The molecular weight excluding hydrogens is 410 g/mol. The van der Waals surface area contributed by atoms with Crippen LogP contribution in [-0.2, 0) is 0 Å². The maximum atomic E-state index is 13.0. The molecule has 5 aromatic rings. The van der Waals surface area contributed by atoms with Gasteiger partial charge in [0.1, 0.15) is 5.69 Å². The van der Waals surface area contributed by atoms with Crippen LogP contribution in [0.25, 0.3) is 33.3 Å². The molecular formula is C27H21N5O. The average molecular weight is 431 g/mol. The lowest BCUT2D eigenvalue weighted by Crippen LogP contribution is -2.13. The molecule has 0 atom stereocenters. The maximum Gasteiger partial charge on any atom is 0.274 e. The zero-order valence-electron chi connectivity index (χ0n) is 17.8. The van der Waals surface area contributed by atoms with Gasteiger partial charge >= 0.3 is 0 Å². The van der Waals surface area contributed by atoms with Crippen molar-refractivity contribution in [2.75, 3.05) is 5.32 Å². The molecule has 6 nitrogen and oxygen atoms in total. The number of imidazole rings is 1. The van der Waals surface area contributed by atoms with Gasteiger partial charge in [0.05, 0.1) is 23.7 Å². The van der Waals surface area contributed by atoms with Crippen LogP contribution < -0.4 is 5.32 Å². The first-order valence-corrected chi connectivity index (χ1v) is 11.0. The minimum Gasteiger partial charge on any atom is -0.328 e. The van der Waals surface area contributed by atoms with Gasteiger partial charge in [0.15, 0.2) is 0 Å². The molecule has 1 aliphatic rings. The van der Waals surface area contributed by atoms with Gasteiger partial charge in [0.25, 0.3) is 5.91 Å². The van der Waals surface area contributed by atoms with Gasteiger partial charge in [-0.3, -0.25) is 14.8 Å². The molecule has 1 aliphatic carbocycles. The summed E-state index contributed by atoms with van der Waals surface area (Å²) in [6.45, 7) is 0. The predicted molar refractivity (Wildman–Crippen MR) is 129 cm³/mol. The Hall–Kier alpha value is -4.32. The van der Waals surface area contributed by atoms with Crippen molar-refractivity contribution in [1.29, 1.82) is 0 Å². The SMILES string of the molecule is O=C(Nc1cccc(-c2cncn2C2CC2)c1)c1cc(-c2cnc3ccccc3c2)ccn1. The molecule has 1 saturated carbocycles. The Balaban J connectivity index is 1.25. The zero-order valence-corrected chi connectivity index (χ0v) is 17.8. The van der Waals surface area contributed by atoms with E-state index in [1.807, 2.05) is 73.3 Å². The summed E-state index contributed by atoms with van der Waals surface area (Å²) in [4.78, 5) is 26.1. The molecule has 2 aromatic carbocycles. The van der Waals surface area contributed by atoms with Crippen molar-refractivity contribution < 1.29 is 4.79 Å². The summed E-state index contributed by atoms with van der Waals surface area (Å²) in [6, 6.07) is 22.1. The second kappa shape index (κ2) is 7.98. The Kier molecular flexibility index (Phi) is 4.69. The number of nitrogens with zero attached hydrogens (tertiary/aromatic N) is 4. The van der Waals surface area contributed by atoms with E-state index >= 15 is 0 Å². The first-order chi connectivity index (χ1) is 16.2. The van der Waals surface area contributed by atoms with E-state index in [1.54, 1.807) is 12.3 Å². The van der Waals surface area contributed by atoms with E-state index < -0.39 is 0 Å². The average Bonchev–Trinajstić information content (AvgIpc) is 3.59. The van der Waals surface area contributed by atoms with E-state index in [1.165, 1.54) is 12.8 Å². The van der Waals surface area contributed by atoms with Gasteiger partial charge in [-0.2, -0.15) is 0 Å². The van der Waals surface area contributed by atoms with Crippen molar-refractivity contribution in [3.05, 3.63) is 97.3 Å². The van der Waals surface area contributed by atoms with Crippen LogP contribution in [0.1, 0.15) is 29.4 Å². The standard InChI is InChI=1S/C27H21N5O/c33-27(31-22-6-3-5-20(13-22)26-16-28-17-32(26)23-8-9-23)25-14-18(10-11-29-25)21-12-19-4-1-2-7-24(19)30-15-21/h1-7,10-17,23H,8-9H2,(H,31,33). The van der Waals surface area contributed by atoms with Crippen molar-refractivity contribution in [2.45, 2.75) is 18.9 Å². The third kappa shape index (κ3) is 3.87. The molecule has 0 radical (unpaired) electrons. The van der Waals surface area contributed by atoms with Gasteiger partial charge in [0.2, 0.25) is 0 Å². The molecule has 0 aliphatic heterocycles. The Morgan fingerprint density at radius 1 is 0.879 bits per heavy atom. The lowest BCUT2D eigenvalue weighted by molar-refractivity contribution is 0.102. The smallest absolute Gasteiger partial charge is 0.274 e. The van der Waals surface area contributed by atoms with E-state index in [9.17, 15) is 4.79 Å². The number of nitrogens with one attached hydrogen (secondary N) is 1. The van der Waals surface area contributed by atoms with E-state index in [-0.39, 0.29) is 5.91 Å². The number of fused-ring (bicyclic) bond motifs is 1. The van der Waals surface area contributed by atoms with Crippen LogP contribution in [0.2, 0.25) is 0 Å². The molecule has 33 heavy (non-hydrogen) atoms. The Labute approximate surface area is 191 Å². The number of hydrogen-bond acceptors (Lipinski definition) is 4. The summed E-state index contributed by atoms with van der Waals surface area (Å²) in [5, 5.41) is 4.04. The maximum absolute atomic E-state index is 13.0. The third-order valence-corrected chi connectivity index (χ3v) is 5.94. The molecule has 0 spiro atoms. The lowest BCUT2D eigenvalue weighted by atomic mass is 10.1. The van der Waals surface area contributed by atoms with E-state index in [4.69, 9.17) is 0 Å². The predicted octanol–water partition coefficient (Wildman–Crippen LogP) is 5.75. The van der Waals surface area contributed by atoms with Crippen LogP contribution in [0.4, 0.5) is 5.69 Å².